The third-order valence-corrected chi connectivity index (χ3v) is 2.04. The maximum Gasteiger partial charge on any atom is 0.245 e. The van der Waals surface area contributed by atoms with Gasteiger partial charge >= 0.3 is 0 Å². The Bertz CT molecular complexity index is 213. The van der Waals surface area contributed by atoms with E-state index < -0.39 is 28.1 Å². The van der Waals surface area contributed by atoms with Crippen LogP contribution in [0.2, 0.25) is 0 Å². The quantitative estimate of drug-likeness (QED) is 0.368. The Hall–Kier alpha value is -0.750. The Morgan fingerprint density at radius 2 is 2.20 bits per heavy atom. The average molecular weight is 163 g/mol. The molecule has 0 aromatic carbocycles. The molecule has 0 aromatic heterocycles. The number of hydrogen-bond acceptors (Lipinski definition) is 3. The third kappa shape index (κ3) is 1.22. The number of rotatable bonds is 1. The summed E-state index contributed by atoms with van der Waals surface area (Å²) in [5, 5.41) is 0.855. The molecule has 0 spiro atoms. The van der Waals surface area contributed by atoms with E-state index >= 15 is 0 Å². The molecule has 6 heteroatoms. The average Bonchev–Trinajstić information content (AvgIpc) is 2.10. The minimum Gasteiger partial charge on any atom is -0.305 e. The van der Waals surface area contributed by atoms with Crippen LogP contribution in [0.4, 0.5) is 0 Å². The molecule has 0 aromatic rings. The van der Waals surface area contributed by atoms with Gasteiger partial charge < -0.3 is 4.55 Å². The van der Waals surface area contributed by atoms with E-state index in [-0.39, 0.29) is 6.42 Å². The summed E-state index contributed by atoms with van der Waals surface area (Å²) >= 11 is -2.22. The molecule has 1 saturated heterocycles. The van der Waals surface area contributed by atoms with Crippen LogP contribution in [0.1, 0.15) is 6.42 Å². The Morgan fingerprint density at radius 1 is 1.60 bits per heavy atom. The predicted octanol–water partition coefficient (Wildman–Crippen LogP) is -1.38. The zero-order valence-electron chi connectivity index (χ0n) is 4.86. The summed E-state index contributed by atoms with van der Waals surface area (Å²) in [5.74, 6) is -1.15. The highest BCUT2D eigenvalue weighted by Gasteiger charge is 2.34. The summed E-state index contributed by atoms with van der Waals surface area (Å²) in [6.45, 7) is 0. The lowest BCUT2D eigenvalue weighted by Gasteiger charge is -1.95. The molecule has 1 aliphatic rings. The maximum atomic E-state index is 10.5. The van der Waals surface area contributed by atoms with Gasteiger partial charge in [-0.25, -0.2) is 4.21 Å². The van der Waals surface area contributed by atoms with Crippen molar-refractivity contribution in [1.82, 2.24) is 5.32 Å². The second-order valence-electron chi connectivity index (χ2n) is 1.88. The molecule has 56 valence electrons. The van der Waals surface area contributed by atoms with Crippen molar-refractivity contribution < 1.29 is 18.4 Å². The SMILES string of the molecule is O=C1CC(S(=O)O)C(=O)N1. The first-order valence-electron chi connectivity index (χ1n) is 2.54. The van der Waals surface area contributed by atoms with Crippen LogP contribution in [-0.4, -0.2) is 25.8 Å². The van der Waals surface area contributed by atoms with E-state index in [1.807, 2.05) is 5.32 Å². The van der Waals surface area contributed by atoms with Crippen LogP contribution in [-0.2, 0) is 20.7 Å². The van der Waals surface area contributed by atoms with Crippen LogP contribution in [0.5, 0.6) is 0 Å². The highest BCUT2D eigenvalue weighted by atomic mass is 32.2. The second kappa shape index (κ2) is 2.47. The van der Waals surface area contributed by atoms with Gasteiger partial charge in [-0.3, -0.25) is 14.9 Å². The molecule has 1 rings (SSSR count). The van der Waals surface area contributed by atoms with Gasteiger partial charge in [0.15, 0.2) is 11.1 Å². The molecule has 2 amide bonds. The predicted molar refractivity (Wildman–Crippen MR) is 32.3 cm³/mol. The maximum absolute atomic E-state index is 10.5. The molecular formula is C4H5NO4S. The summed E-state index contributed by atoms with van der Waals surface area (Å²) in [6, 6.07) is 0. The number of amides is 2. The molecule has 5 nitrogen and oxygen atoms in total. The highest BCUT2D eigenvalue weighted by Crippen LogP contribution is 2.06. The first kappa shape index (κ1) is 7.36. The topological polar surface area (TPSA) is 83.5 Å². The van der Waals surface area contributed by atoms with Crippen molar-refractivity contribution in [3.63, 3.8) is 0 Å². The minimum absolute atomic E-state index is 0.179. The zero-order chi connectivity index (χ0) is 7.72. The summed E-state index contributed by atoms with van der Waals surface area (Å²) < 4.78 is 18.7. The number of imide groups is 1. The van der Waals surface area contributed by atoms with Crippen LogP contribution in [0.25, 0.3) is 0 Å². The highest BCUT2D eigenvalue weighted by molar-refractivity contribution is 7.80. The lowest BCUT2D eigenvalue weighted by atomic mass is 10.4. The minimum atomic E-state index is -2.22. The molecule has 1 fully saturated rings. The normalized spacial score (nSPS) is 28.3. The Kier molecular flexibility index (Phi) is 1.82. The van der Waals surface area contributed by atoms with Crippen molar-refractivity contribution in [3.05, 3.63) is 0 Å². The monoisotopic (exact) mass is 163 g/mol. The molecule has 0 aliphatic carbocycles. The summed E-state index contributed by atoms with van der Waals surface area (Å²) in [5.41, 5.74) is 0. The molecule has 0 saturated carbocycles. The lowest BCUT2D eigenvalue weighted by molar-refractivity contribution is -0.124. The van der Waals surface area contributed by atoms with E-state index in [0.29, 0.717) is 0 Å². The molecule has 1 heterocycles. The molecule has 2 unspecified atom stereocenters. The molecule has 10 heavy (non-hydrogen) atoms. The lowest BCUT2D eigenvalue weighted by Crippen LogP contribution is -2.27. The zero-order valence-corrected chi connectivity index (χ0v) is 5.68. The van der Waals surface area contributed by atoms with Crippen molar-refractivity contribution in [1.29, 1.82) is 0 Å². The van der Waals surface area contributed by atoms with Gasteiger partial charge in [0.1, 0.15) is 5.25 Å². The molecule has 2 atom stereocenters. The van der Waals surface area contributed by atoms with Crippen LogP contribution < -0.4 is 5.32 Å². The summed E-state index contributed by atoms with van der Waals surface area (Å²) in [7, 11) is 0. The van der Waals surface area contributed by atoms with Gasteiger partial charge in [-0.05, 0) is 0 Å². The van der Waals surface area contributed by atoms with Crippen molar-refractivity contribution in [3.8, 4) is 0 Å². The summed E-state index contributed by atoms with van der Waals surface area (Å²) in [4.78, 5) is 20.9. The van der Waals surface area contributed by atoms with E-state index in [1.54, 1.807) is 0 Å². The Morgan fingerprint density at radius 3 is 2.40 bits per heavy atom. The van der Waals surface area contributed by atoms with Crippen LogP contribution in [0.3, 0.4) is 0 Å². The first-order valence-corrected chi connectivity index (χ1v) is 3.71. The van der Waals surface area contributed by atoms with E-state index in [1.165, 1.54) is 0 Å². The Balaban J connectivity index is 2.72. The molecule has 0 radical (unpaired) electrons. The van der Waals surface area contributed by atoms with Crippen LogP contribution in [0, 0.1) is 0 Å². The summed E-state index contributed by atoms with van der Waals surface area (Å²) in [6.07, 6.45) is -0.179. The smallest absolute Gasteiger partial charge is 0.245 e. The van der Waals surface area contributed by atoms with Crippen molar-refractivity contribution >= 4 is 22.9 Å². The standard InChI is InChI=1S/C4H5NO4S/c6-3-1-2(10(8)9)4(7)5-3/h2H,1H2,(H,8,9)(H,5,6,7). The van der Waals surface area contributed by atoms with Crippen molar-refractivity contribution in [2.45, 2.75) is 11.7 Å². The fraction of sp³-hybridized carbons (Fsp3) is 0.500. The van der Waals surface area contributed by atoms with E-state index in [4.69, 9.17) is 4.55 Å². The van der Waals surface area contributed by atoms with Gasteiger partial charge in [0.25, 0.3) is 0 Å². The first-order chi connectivity index (χ1) is 4.61. The van der Waals surface area contributed by atoms with Gasteiger partial charge in [0.05, 0.1) is 6.42 Å². The number of nitrogens with one attached hydrogen (secondary N) is 1. The largest absolute Gasteiger partial charge is 0.305 e. The molecule has 0 bridgehead atoms. The fourth-order valence-corrected chi connectivity index (χ4v) is 1.23. The van der Waals surface area contributed by atoms with Crippen LogP contribution >= 0.6 is 0 Å². The van der Waals surface area contributed by atoms with Gasteiger partial charge in [0, 0.05) is 0 Å². The fourth-order valence-electron chi connectivity index (χ4n) is 0.693. The van der Waals surface area contributed by atoms with Gasteiger partial charge in [-0.15, -0.1) is 0 Å². The van der Waals surface area contributed by atoms with Crippen LogP contribution in [0.15, 0.2) is 0 Å². The third-order valence-electron chi connectivity index (χ3n) is 1.17. The van der Waals surface area contributed by atoms with Crippen molar-refractivity contribution in [2.24, 2.45) is 0 Å². The van der Waals surface area contributed by atoms with E-state index in [9.17, 15) is 13.8 Å². The van der Waals surface area contributed by atoms with Gasteiger partial charge in [0.2, 0.25) is 11.8 Å². The van der Waals surface area contributed by atoms with Crippen molar-refractivity contribution in [2.75, 3.05) is 0 Å². The molecule has 1 aliphatic heterocycles. The van der Waals surface area contributed by atoms with E-state index in [2.05, 4.69) is 0 Å². The number of hydrogen-bond donors (Lipinski definition) is 2. The van der Waals surface area contributed by atoms with E-state index in [0.717, 1.165) is 0 Å². The molecule has 2 N–H and O–H groups in total. The molecular weight excluding hydrogens is 158 g/mol. The second-order valence-corrected chi connectivity index (χ2v) is 3.00. The Labute approximate surface area is 59.1 Å². The number of carbonyl (C=O) groups is 2. The van der Waals surface area contributed by atoms with Gasteiger partial charge in [-0.2, -0.15) is 0 Å². The van der Waals surface area contributed by atoms with Gasteiger partial charge in [-0.1, -0.05) is 0 Å². The number of carbonyl (C=O) groups excluding carboxylic acids is 2.